The zero-order valence-corrected chi connectivity index (χ0v) is 15.9. The van der Waals surface area contributed by atoms with Crippen molar-refractivity contribution in [1.82, 2.24) is 0 Å². The number of carbonyl (C=O) groups is 1. The fourth-order valence-electron chi connectivity index (χ4n) is 3.18. The van der Waals surface area contributed by atoms with E-state index >= 15 is 0 Å². The third-order valence-corrected chi connectivity index (χ3v) is 5.66. The van der Waals surface area contributed by atoms with Crippen LogP contribution in [0.15, 0.2) is 57.0 Å². The van der Waals surface area contributed by atoms with Gasteiger partial charge in [0.15, 0.2) is 23.9 Å². The van der Waals surface area contributed by atoms with E-state index in [1.807, 2.05) is 35.7 Å². The van der Waals surface area contributed by atoms with Crippen molar-refractivity contribution >= 4 is 34.4 Å². The highest BCUT2D eigenvalue weighted by molar-refractivity contribution is 7.14. The molecule has 1 aliphatic heterocycles. The van der Waals surface area contributed by atoms with Crippen LogP contribution in [0, 0.1) is 0 Å². The number of ether oxygens (including phenoxy) is 2. The van der Waals surface area contributed by atoms with Gasteiger partial charge in [-0.15, -0.1) is 11.3 Å². The third kappa shape index (κ3) is 2.82. The standard InChI is InChI=1S/C21H18O5S/c1-11-18(10-22)26-20(12(2)19(11)23)17-9-14-8-13(4-5-15(14)25-17)21-16(24-3)6-7-27-21/h4-10,18,23H,1-3H3. The van der Waals surface area contributed by atoms with E-state index in [0.717, 1.165) is 21.6 Å². The molecule has 5 nitrogen and oxygen atoms in total. The van der Waals surface area contributed by atoms with Crippen molar-refractivity contribution in [2.45, 2.75) is 20.0 Å². The number of aldehydes is 1. The maximum Gasteiger partial charge on any atom is 0.178 e. The van der Waals surface area contributed by atoms with Gasteiger partial charge in [0.05, 0.1) is 12.0 Å². The van der Waals surface area contributed by atoms with Crippen molar-refractivity contribution in [3.8, 4) is 16.2 Å². The maximum absolute atomic E-state index is 11.3. The molecular formula is C21H18O5S. The van der Waals surface area contributed by atoms with Gasteiger partial charge in [-0.25, -0.2) is 0 Å². The number of carbonyl (C=O) groups excluding carboxylic acids is 1. The van der Waals surface area contributed by atoms with Crippen molar-refractivity contribution in [2.75, 3.05) is 7.11 Å². The summed E-state index contributed by atoms with van der Waals surface area (Å²) in [6.07, 6.45) is -0.148. The van der Waals surface area contributed by atoms with Crippen LogP contribution in [0.25, 0.3) is 27.2 Å². The highest BCUT2D eigenvalue weighted by Gasteiger charge is 2.28. The van der Waals surface area contributed by atoms with E-state index in [0.29, 0.717) is 34.5 Å². The normalized spacial score (nSPS) is 17.4. The number of aliphatic hydroxyl groups excluding tert-OH is 1. The average Bonchev–Trinajstić information content (AvgIpc) is 3.32. The van der Waals surface area contributed by atoms with Gasteiger partial charge in [-0.1, -0.05) is 0 Å². The third-order valence-electron chi connectivity index (χ3n) is 4.72. The predicted molar refractivity (Wildman–Crippen MR) is 105 cm³/mol. The Morgan fingerprint density at radius 2 is 2.04 bits per heavy atom. The second-order valence-electron chi connectivity index (χ2n) is 6.34. The number of allylic oxidation sites excluding steroid dienone is 1. The first-order chi connectivity index (χ1) is 13.0. The number of fused-ring (bicyclic) bond motifs is 1. The molecule has 1 aliphatic rings. The topological polar surface area (TPSA) is 68.9 Å². The average molecular weight is 382 g/mol. The van der Waals surface area contributed by atoms with Crippen LogP contribution in [-0.4, -0.2) is 24.6 Å². The molecule has 0 fully saturated rings. The molecule has 0 spiro atoms. The van der Waals surface area contributed by atoms with Crippen LogP contribution in [0.3, 0.4) is 0 Å². The van der Waals surface area contributed by atoms with Crippen molar-refractivity contribution < 1.29 is 23.8 Å². The van der Waals surface area contributed by atoms with E-state index in [1.54, 1.807) is 32.3 Å². The monoisotopic (exact) mass is 382 g/mol. The highest BCUT2D eigenvalue weighted by Crippen LogP contribution is 2.39. The molecular weight excluding hydrogens is 364 g/mol. The largest absolute Gasteiger partial charge is 0.507 e. The van der Waals surface area contributed by atoms with Gasteiger partial charge in [-0.05, 0) is 55.1 Å². The Morgan fingerprint density at radius 3 is 2.78 bits per heavy atom. The molecule has 3 heterocycles. The molecule has 0 bridgehead atoms. The van der Waals surface area contributed by atoms with Crippen LogP contribution >= 0.6 is 11.3 Å². The zero-order chi connectivity index (χ0) is 19.1. The van der Waals surface area contributed by atoms with Crippen LogP contribution in [0.4, 0.5) is 0 Å². The lowest BCUT2D eigenvalue weighted by atomic mass is 10.0. The number of benzene rings is 1. The molecule has 2 aromatic heterocycles. The molecule has 138 valence electrons. The summed E-state index contributed by atoms with van der Waals surface area (Å²) < 4.78 is 17.1. The van der Waals surface area contributed by atoms with Crippen molar-refractivity contribution in [1.29, 1.82) is 0 Å². The van der Waals surface area contributed by atoms with Gasteiger partial charge in [0.25, 0.3) is 0 Å². The Balaban J connectivity index is 1.80. The Labute approximate surface area is 160 Å². The lowest BCUT2D eigenvalue weighted by Crippen LogP contribution is -2.22. The number of hydrogen-bond donors (Lipinski definition) is 1. The summed E-state index contributed by atoms with van der Waals surface area (Å²) in [4.78, 5) is 12.3. The van der Waals surface area contributed by atoms with E-state index in [2.05, 4.69) is 0 Å². The number of furan rings is 1. The Hall–Kier alpha value is -2.99. The van der Waals surface area contributed by atoms with E-state index in [-0.39, 0.29) is 5.76 Å². The smallest absolute Gasteiger partial charge is 0.178 e. The summed E-state index contributed by atoms with van der Waals surface area (Å²) in [5.41, 5.74) is 2.77. The Morgan fingerprint density at radius 1 is 1.22 bits per heavy atom. The zero-order valence-electron chi connectivity index (χ0n) is 15.1. The minimum absolute atomic E-state index is 0.0674. The van der Waals surface area contributed by atoms with Crippen molar-refractivity contribution in [3.63, 3.8) is 0 Å². The summed E-state index contributed by atoms with van der Waals surface area (Å²) in [5, 5.41) is 13.2. The quantitative estimate of drug-likeness (QED) is 0.618. The number of hydrogen-bond acceptors (Lipinski definition) is 6. The number of thiophene rings is 1. The Bertz CT molecular complexity index is 1100. The second kappa shape index (κ2) is 6.63. The maximum atomic E-state index is 11.3. The van der Waals surface area contributed by atoms with Gasteiger partial charge >= 0.3 is 0 Å². The molecule has 1 N–H and O–H groups in total. The van der Waals surface area contributed by atoms with Crippen LogP contribution in [0.5, 0.6) is 5.75 Å². The lowest BCUT2D eigenvalue weighted by molar-refractivity contribution is -0.113. The molecule has 0 saturated heterocycles. The van der Waals surface area contributed by atoms with Crippen LogP contribution in [-0.2, 0) is 9.53 Å². The van der Waals surface area contributed by atoms with Gasteiger partial charge in [0.2, 0.25) is 0 Å². The summed E-state index contributed by atoms with van der Waals surface area (Å²) in [5.74, 6) is 1.75. The van der Waals surface area contributed by atoms with E-state index in [1.165, 1.54) is 0 Å². The van der Waals surface area contributed by atoms with E-state index < -0.39 is 6.10 Å². The first-order valence-electron chi connectivity index (χ1n) is 8.42. The summed E-state index contributed by atoms with van der Waals surface area (Å²) in [6.45, 7) is 3.42. The summed E-state index contributed by atoms with van der Waals surface area (Å²) in [6, 6.07) is 9.68. The molecule has 4 rings (SSSR count). The van der Waals surface area contributed by atoms with Gasteiger partial charge in [0.1, 0.15) is 17.1 Å². The molecule has 27 heavy (non-hydrogen) atoms. The van der Waals surface area contributed by atoms with Crippen molar-refractivity contribution in [3.05, 3.63) is 58.4 Å². The molecule has 6 heteroatoms. The number of methoxy groups -OCH3 is 1. The van der Waals surface area contributed by atoms with Gasteiger partial charge < -0.3 is 19.0 Å². The van der Waals surface area contributed by atoms with Crippen LogP contribution in [0.1, 0.15) is 19.6 Å². The fourth-order valence-corrected chi connectivity index (χ4v) is 4.04. The van der Waals surface area contributed by atoms with Gasteiger partial charge in [-0.2, -0.15) is 0 Å². The molecule has 3 aromatic rings. The summed E-state index contributed by atoms with van der Waals surface area (Å²) >= 11 is 1.61. The van der Waals surface area contributed by atoms with Gasteiger partial charge in [-0.3, -0.25) is 4.79 Å². The molecule has 1 atom stereocenters. The molecule has 0 aliphatic carbocycles. The number of rotatable bonds is 4. The summed E-state index contributed by atoms with van der Waals surface area (Å²) in [7, 11) is 1.65. The first-order valence-corrected chi connectivity index (χ1v) is 9.30. The molecule has 1 aromatic carbocycles. The van der Waals surface area contributed by atoms with E-state index in [9.17, 15) is 9.90 Å². The predicted octanol–water partition coefficient (Wildman–Crippen LogP) is 5.33. The van der Waals surface area contributed by atoms with E-state index in [4.69, 9.17) is 13.9 Å². The lowest BCUT2D eigenvalue weighted by Gasteiger charge is -2.24. The molecule has 0 radical (unpaired) electrons. The highest BCUT2D eigenvalue weighted by atomic mass is 32.1. The fraction of sp³-hybridized carbons (Fsp3) is 0.190. The van der Waals surface area contributed by atoms with Gasteiger partial charge in [0, 0.05) is 16.5 Å². The number of aliphatic hydroxyl groups is 1. The minimum Gasteiger partial charge on any atom is -0.507 e. The Kier molecular flexibility index (Phi) is 4.28. The first kappa shape index (κ1) is 17.4. The minimum atomic E-state index is -0.817. The van der Waals surface area contributed by atoms with Crippen molar-refractivity contribution in [2.24, 2.45) is 0 Å². The SMILES string of the molecule is COc1ccsc1-c1ccc2oc(C3=C(C)C(O)=C(C)C(C=O)O3)cc2c1. The molecule has 0 saturated carbocycles. The van der Waals surface area contributed by atoms with Crippen LogP contribution < -0.4 is 4.74 Å². The van der Waals surface area contributed by atoms with Crippen LogP contribution in [0.2, 0.25) is 0 Å². The molecule has 1 unspecified atom stereocenters. The molecule has 0 amide bonds. The second-order valence-corrected chi connectivity index (χ2v) is 7.26.